The summed E-state index contributed by atoms with van der Waals surface area (Å²) in [6.45, 7) is 4.03. The number of hydrogen-bond donors (Lipinski definition) is 1. The lowest BCUT2D eigenvalue weighted by molar-refractivity contribution is -0.274. The molecule has 3 rings (SSSR count). The van der Waals surface area contributed by atoms with Crippen LogP contribution in [0.2, 0.25) is 0 Å². The predicted octanol–water partition coefficient (Wildman–Crippen LogP) is 4.09. The molecule has 1 aromatic heterocycles. The molecule has 2 aromatic carbocycles. The van der Waals surface area contributed by atoms with Crippen LogP contribution >= 0.6 is 0 Å². The fourth-order valence-electron chi connectivity index (χ4n) is 2.71. The molecule has 0 spiro atoms. The number of carbonyl (C=O) groups is 1. The number of fused-ring (bicyclic) bond motifs is 1. The van der Waals surface area contributed by atoms with Crippen molar-refractivity contribution in [2.24, 2.45) is 5.73 Å². The average Bonchev–Trinajstić information content (AvgIpc) is 2.95. The first-order chi connectivity index (χ1) is 12.2. The maximum absolute atomic E-state index is 12.4. The van der Waals surface area contributed by atoms with Crippen molar-refractivity contribution in [3.63, 3.8) is 0 Å². The first kappa shape index (κ1) is 17.6. The van der Waals surface area contributed by atoms with Crippen molar-refractivity contribution < 1.29 is 22.7 Å². The quantitative estimate of drug-likeness (QED) is 0.697. The van der Waals surface area contributed by atoms with E-state index in [2.05, 4.69) is 11.3 Å². The van der Waals surface area contributed by atoms with Gasteiger partial charge in [0.05, 0.1) is 0 Å². The molecule has 0 radical (unpaired) electrons. The van der Waals surface area contributed by atoms with Gasteiger partial charge < -0.3 is 15.0 Å². The minimum Gasteiger partial charge on any atom is -0.406 e. The summed E-state index contributed by atoms with van der Waals surface area (Å²) in [4.78, 5) is 11.2. The molecule has 4 nitrogen and oxygen atoms in total. The number of aromatic nitrogens is 1. The van der Waals surface area contributed by atoms with Crippen LogP contribution in [-0.2, 0) is 11.3 Å². The number of ether oxygens (including phenoxy) is 1. The Morgan fingerprint density at radius 1 is 1.15 bits per heavy atom. The van der Waals surface area contributed by atoms with Gasteiger partial charge in [0.15, 0.2) is 0 Å². The zero-order valence-electron chi connectivity index (χ0n) is 13.6. The van der Waals surface area contributed by atoms with Crippen LogP contribution in [0.15, 0.2) is 61.3 Å². The van der Waals surface area contributed by atoms with Crippen LogP contribution < -0.4 is 10.5 Å². The molecule has 1 amide bonds. The Balaban J connectivity index is 1.87. The molecule has 0 unspecified atom stereocenters. The second-order valence-corrected chi connectivity index (χ2v) is 5.76. The average molecular weight is 360 g/mol. The van der Waals surface area contributed by atoms with Crippen LogP contribution in [-0.4, -0.2) is 16.8 Å². The number of benzene rings is 2. The number of nitrogens with zero attached hydrogens (tertiary/aromatic N) is 1. The van der Waals surface area contributed by atoms with E-state index >= 15 is 0 Å². The third-order valence-corrected chi connectivity index (χ3v) is 3.90. The number of rotatable bonds is 5. The van der Waals surface area contributed by atoms with Gasteiger partial charge in [0.2, 0.25) is 5.91 Å². The van der Waals surface area contributed by atoms with Crippen molar-refractivity contribution in [3.8, 4) is 5.75 Å². The van der Waals surface area contributed by atoms with E-state index in [1.54, 1.807) is 18.2 Å². The van der Waals surface area contributed by atoms with Gasteiger partial charge in [0.25, 0.3) is 0 Å². The molecule has 0 atom stereocenters. The monoisotopic (exact) mass is 360 g/mol. The standard InChI is InChI=1S/C19H15F3N2O2/c1-12(18(23)25)14-5-6-17-15(10-14)7-8-24(17)11-13-3-2-4-16(9-13)26-19(20,21)22/h2-10H,1,11H2,(H2,23,25). The third kappa shape index (κ3) is 3.88. The molecule has 0 aliphatic heterocycles. The van der Waals surface area contributed by atoms with Gasteiger partial charge >= 0.3 is 6.36 Å². The number of hydrogen-bond acceptors (Lipinski definition) is 2. The lowest BCUT2D eigenvalue weighted by atomic mass is 10.1. The topological polar surface area (TPSA) is 57.2 Å². The van der Waals surface area contributed by atoms with Crippen molar-refractivity contribution in [2.75, 3.05) is 0 Å². The van der Waals surface area contributed by atoms with Crippen molar-refractivity contribution >= 4 is 22.4 Å². The molecule has 1 heterocycles. The summed E-state index contributed by atoms with van der Waals surface area (Å²) >= 11 is 0. The first-order valence-electron chi connectivity index (χ1n) is 7.65. The third-order valence-electron chi connectivity index (χ3n) is 3.90. The molecular weight excluding hydrogens is 345 g/mol. The maximum Gasteiger partial charge on any atom is 0.573 e. The zero-order valence-corrected chi connectivity index (χ0v) is 13.6. The number of carbonyl (C=O) groups excluding carboxylic acids is 1. The second-order valence-electron chi connectivity index (χ2n) is 5.76. The summed E-state index contributed by atoms with van der Waals surface area (Å²) in [5.41, 5.74) is 7.62. The Morgan fingerprint density at radius 2 is 1.92 bits per heavy atom. The molecule has 7 heteroatoms. The van der Waals surface area contributed by atoms with Gasteiger partial charge in [-0.05, 0) is 41.5 Å². The first-order valence-corrected chi connectivity index (χ1v) is 7.65. The van der Waals surface area contributed by atoms with Gasteiger partial charge in [-0.1, -0.05) is 24.8 Å². The molecule has 2 N–H and O–H groups in total. The summed E-state index contributed by atoms with van der Waals surface area (Å²) in [7, 11) is 0. The van der Waals surface area contributed by atoms with Crippen LogP contribution in [0.4, 0.5) is 13.2 Å². The molecule has 26 heavy (non-hydrogen) atoms. The smallest absolute Gasteiger partial charge is 0.406 e. The van der Waals surface area contributed by atoms with Crippen LogP contribution in [0.1, 0.15) is 11.1 Å². The Bertz CT molecular complexity index is 990. The molecule has 0 saturated carbocycles. The van der Waals surface area contributed by atoms with Gasteiger partial charge in [-0.2, -0.15) is 0 Å². The molecule has 0 saturated heterocycles. The van der Waals surface area contributed by atoms with Crippen molar-refractivity contribution in [2.45, 2.75) is 12.9 Å². The molecule has 0 aliphatic carbocycles. The lowest BCUT2D eigenvalue weighted by Gasteiger charge is -2.11. The number of nitrogens with two attached hydrogens (primary N) is 1. The summed E-state index contributed by atoms with van der Waals surface area (Å²) in [5.74, 6) is -0.850. The number of halogens is 3. The highest BCUT2D eigenvalue weighted by Gasteiger charge is 2.31. The Labute approximate surface area is 147 Å². The number of primary amides is 1. The van der Waals surface area contributed by atoms with Gasteiger partial charge in [0.1, 0.15) is 5.75 Å². The van der Waals surface area contributed by atoms with Crippen molar-refractivity contribution in [3.05, 3.63) is 72.4 Å². The normalized spacial score (nSPS) is 11.5. The highest BCUT2D eigenvalue weighted by atomic mass is 19.4. The maximum atomic E-state index is 12.4. The highest BCUT2D eigenvalue weighted by Crippen LogP contribution is 2.25. The largest absolute Gasteiger partial charge is 0.573 e. The zero-order chi connectivity index (χ0) is 18.9. The van der Waals surface area contributed by atoms with Crippen LogP contribution in [0.25, 0.3) is 16.5 Å². The van der Waals surface area contributed by atoms with E-state index in [0.717, 1.165) is 10.9 Å². The Morgan fingerprint density at radius 3 is 2.62 bits per heavy atom. The van der Waals surface area contributed by atoms with Crippen molar-refractivity contribution in [1.29, 1.82) is 0 Å². The molecule has 0 fully saturated rings. The number of amides is 1. The van der Waals surface area contributed by atoms with Crippen LogP contribution in [0.5, 0.6) is 5.75 Å². The fourth-order valence-corrected chi connectivity index (χ4v) is 2.71. The summed E-state index contributed by atoms with van der Waals surface area (Å²) in [6.07, 6.45) is -2.91. The fraction of sp³-hybridized carbons (Fsp3) is 0.105. The van der Waals surface area contributed by atoms with Gasteiger partial charge in [-0.15, -0.1) is 13.2 Å². The second kappa shape index (κ2) is 6.59. The summed E-state index contributed by atoms with van der Waals surface area (Å²) < 4.78 is 42.9. The van der Waals surface area contributed by atoms with E-state index in [9.17, 15) is 18.0 Å². The predicted molar refractivity (Wildman–Crippen MR) is 92.4 cm³/mol. The van der Waals surface area contributed by atoms with E-state index in [-0.39, 0.29) is 11.3 Å². The Kier molecular flexibility index (Phi) is 4.46. The van der Waals surface area contributed by atoms with E-state index in [4.69, 9.17) is 5.73 Å². The molecule has 134 valence electrons. The summed E-state index contributed by atoms with van der Waals surface area (Å²) in [5, 5.41) is 0.868. The van der Waals surface area contributed by atoms with Crippen molar-refractivity contribution in [1.82, 2.24) is 4.57 Å². The van der Waals surface area contributed by atoms with Gasteiger partial charge in [0, 0.05) is 29.2 Å². The SMILES string of the molecule is C=C(C(N)=O)c1ccc2c(ccn2Cc2cccc(OC(F)(F)F)c2)c1. The van der Waals surface area contributed by atoms with E-state index in [1.807, 2.05) is 22.9 Å². The minimum atomic E-state index is -4.72. The molecular formula is C19H15F3N2O2. The molecule has 0 aliphatic rings. The van der Waals surface area contributed by atoms with Crippen LogP contribution in [0, 0.1) is 0 Å². The highest BCUT2D eigenvalue weighted by molar-refractivity contribution is 6.18. The number of alkyl halides is 3. The summed E-state index contributed by atoms with van der Waals surface area (Å²) in [6, 6.07) is 13.0. The lowest BCUT2D eigenvalue weighted by Crippen LogP contribution is -2.17. The molecule has 3 aromatic rings. The van der Waals surface area contributed by atoms with Crippen LogP contribution in [0.3, 0.4) is 0 Å². The van der Waals surface area contributed by atoms with Gasteiger partial charge in [-0.3, -0.25) is 4.79 Å². The molecule has 0 bridgehead atoms. The van der Waals surface area contributed by atoms with E-state index in [0.29, 0.717) is 17.7 Å². The van der Waals surface area contributed by atoms with E-state index < -0.39 is 12.3 Å². The van der Waals surface area contributed by atoms with Gasteiger partial charge in [-0.25, -0.2) is 0 Å². The van der Waals surface area contributed by atoms with E-state index in [1.165, 1.54) is 18.2 Å². The minimum absolute atomic E-state index is 0.219. The Hall–Kier alpha value is -3.22.